The third kappa shape index (κ3) is 3.91. The van der Waals surface area contributed by atoms with E-state index in [4.69, 9.17) is 21.1 Å². The summed E-state index contributed by atoms with van der Waals surface area (Å²) >= 11 is 9.31. The monoisotopic (exact) mass is 419 g/mol. The van der Waals surface area contributed by atoms with Gasteiger partial charge in [0.05, 0.1) is 29.8 Å². The molecule has 2 aromatic carbocycles. The molecule has 0 spiro atoms. The number of sulfonamides is 1. The first kappa shape index (κ1) is 17.9. The molecule has 0 aliphatic rings. The minimum Gasteiger partial charge on any atom is -0.495 e. The molecule has 0 radical (unpaired) electrons. The summed E-state index contributed by atoms with van der Waals surface area (Å²) in [6.07, 6.45) is 0. The van der Waals surface area contributed by atoms with Crippen LogP contribution in [0.3, 0.4) is 0 Å². The molecule has 2 rings (SSSR count). The summed E-state index contributed by atoms with van der Waals surface area (Å²) in [5, 5.41) is 0.325. The fourth-order valence-corrected chi connectivity index (χ4v) is 4.08. The van der Waals surface area contributed by atoms with E-state index in [2.05, 4.69) is 20.7 Å². The van der Waals surface area contributed by atoms with Crippen LogP contribution in [-0.2, 0) is 10.0 Å². The Bertz CT molecular complexity index is 840. The molecular formula is C15H15BrClNO4S. The lowest BCUT2D eigenvalue weighted by atomic mass is 10.2. The van der Waals surface area contributed by atoms with Crippen LogP contribution in [0.4, 0.5) is 5.69 Å². The molecule has 0 atom stereocenters. The van der Waals surface area contributed by atoms with Gasteiger partial charge in [-0.05, 0) is 24.6 Å². The van der Waals surface area contributed by atoms with E-state index in [-0.39, 0.29) is 10.6 Å². The number of ether oxygens (including phenoxy) is 2. The van der Waals surface area contributed by atoms with E-state index < -0.39 is 10.0 Å². The van der Waals surface area contributed by atoms with E-state index in [9.17, 15) is 8.42 Å². The van der Waals surface area contributed by atoms with Crippen molar-refractivity contribution in [1.29, 1.82) is 0 Å². The number of rotatable bonds is 5. The third-order valence-electron chi connectivity index (χ3n) is 3.16. The summed E-state index contributed by atoms with van der Waals surface area (Å²) in [6, 6.07) is 8.01. The number of halogens is 2. The number of hydrogen-bond acceptors (Lipinski definition) is 4. The molecule has 0 fully saturated rings. The summed E-state index contributed by atoms with van der Waals surface area (Å²) < 4.78 is 38.8. The minimum absolute atomic E-state index is 0.169. The highest BCUT2D eigenvalue weighted by Crippen LogP contribution is 2.37. The van der Waals surface area contributed by atoms with Gasteiger partial charge in [0.1, 0.15) is 11.5 Å². The molecule has 0 aromatic heterocycles. The molecule has 0 aliphatic heterocycles. The van der Waals surface area contributed by atoms with Gasteiger partial charge in [-0.15, -0.1) is 0 Å². The van der Waals surface area contributed by atoms with Crippen LogP contribution in [0.1, 0.15) is 5.56 Å². The van der Waals surface area contributed by atoms with Crippen LogP contribution in [0.15, 0.2) is 39.7 Å². The smallest absolute Gasteiger partial charge is 0.262 e. The average Bonchev–Trinajstić information content (AvgIpc) is 2.50. The highest BCUT2D eigenvalue weighted by atomic mass is 79.9. The lowest BCUT2D eigenvalue weighted by molar-refractivity contribution is 0.405. The van der Waals surface area contributed by atoms with E-state index in [1.165, 1.54) is 32.4 Å². The van der Waals surface area contributed by atoms with Gasteiger partial charge < -0.3 is 9.47 Å². The lowest BCUT2D eigenvalue weighted by Gasteiger charge is -2.15. The minimum atomic E-state index is -3.80. The Morgan fingerprint density at radius 3 is 2.35 bits per heavy atom. The number of anilines is 1. The molecule has 124 valence electrons. The first-order valence-corrected chi connectivity index (χ1v) is 9.14. The molecule has 0 saturated carbocycles. The first-order valence-electron chi connectivity index (χ1n) is 6.49. The summed E-state index contributed by atoms with van der Waals surface area (Å²) in [5.74, 6) is 0.642. The Kier molecular flexibility index (Phi) is 5.44. The molecule has 0 unspecified atom stereocenters. The second-order valence-electron chi connectivity index (χ2n) is 4.70. The molecule has 0 aliphatic carbocycles. The average molecular weight is 421 g/mol. The highest BCUT2D eigenvalue weighted by Gasteiger charge is 2.20. The van der Waals surface area contributed by atoms with E-state index in [0.717, 1.165) is 0 Å². The zero-order valence-corrected chi connectivity index (χ0v) is 15.8. The Morgan fingerprint density at radius 2 is 1.74 bits per heavy atom. The van der Waals surface area contributed by atoms with Crippen molar-refractivity contribution in [3.63, 3.8) is 0 Å². The summed E-state index contributed by atoms with van der Waals surface area (Å²) in [7, 11) is -0.916. The fraction of sp³-hybridized carbons (Fsp3) is 0.200. The largest absolute Gasteiger partial charge is 0.495 e. The van der Waals surface area contributed by atoms with Crippen molar-refractivity contribution in [2.45, 2.75) is 11.8 Å². The van der Waals surface area contributed by atoms with Gasteiger partial charge in [-0.3, -0.25) is 4.72 Å². The van der Waals surface area contributed by atoms with Gasteiger partial charge in [0.2, 0.25) is 0 Å². The second kappa shape index (κ2) is 6.98. The van der Waals surface area contributed by atoms with Crippen LogP contribution >= 0.6 is 27.5 Å². The van der Waals surface area contributed by atoms with Gasteiger partial charge in [0.15, 0.2) is 0 Å². The molecular weight excluding hydrogens is 406 g/mol. The van der Waals surface area contributed by atoms with Gasteiger partial charge in [-0.1, -0.05) is 33.6 Å². The van der Waals surface area contributed by atoms with Crippen LogP contribution in [0.5, 0.6) is 11.5 Å². The van der Waals surface area contributed by atoms with Crippen molar-refractivity contribution < 1.29 is 17.9 Å². The Balaban J connectivity index is 2.50. The third-order valence-corrected chi connectivity index (χ3v) is 5.45. The van der Waals surface area contributed by atoms with Crippen molar-refractivity contribution in [2.24, 2.45) is 0 Å². The van der Waals surface area contributed by atoms with E-state index in [1.54, 1.807) is 19.1 Å². The van der Waals surface area contributed by atoms with Crippen LogP contribution < -0.4 is 14.2 Å². The van der Waals surface area contributed by atoms with Crippen LogP contribution in [0, 0.1) is 6.92 Å². The zero-order valence-electron chi connectivity index (χ0n) is 12.7. The summed E-state index contributed by atoms with van der Waals surface area (Å²) in [6.45, 7) is 1.72. The maximum atomic E-state index is 12.7. The van der Waals surface area contributed by atoms with E-state index in [0.29, 0.717) is 26.6 Å². The van der Waals surface area contributed by atoms with Crippen molar-refractivity contribution >= 4 is 43.2 Å². The van der Waals surface area contributed by atoms with Gasteiger partial charge in [-0.2, -0.15) is 0 Å². The van der Waals surface area contributed by atoms with Crippen LogP contribution in [-0.4, -0.2) is 22.6 Å². The SMILES string of the molecule is COc1cc(NS(=O)(=O)c2cc(Br)ccc2C)c(OC)cc1Cl. The maximum absolute atomic E-state index is 12.7. The Hall–Kier alpha value is -1.44. The predicted molar refractivity (Wildman–Crippen MR) is 94.2 cm³/mol. The molecule has 1 N–H and O–H groups in total. The van der Waals surface area contributed by atoms with Crippen molar-refractivity contribution in [1.82, 2.24) is 0 Å². The molecule has 0 amide bonds. The Morgan fingerprint density at radius 1 is 1.09 bits per heavy atom. The van der Waals surface area contributed by atoms with E-state index in [1.807, 2.05) is 0 Å². The predicted octanol–water partition coefficient (Wildman–Crippen LogP) is 4.23. The van der Waals surface area contributed by atoms with Crippen molar-refractivity contribution in [3.8, 4) is 11.5 Å². The van der Waals surface area contributed by atoms with E-state index >= 15 is 0 Å². The number of methoxy groups -OCH3 is 2. The van der Waals surface area contributed by atoms with Gasteiger partial charge >= 0.3 is 0 Å². The highest BCUT2D eigenvalue weighted by molar-refractivity contribution is 9.10. The molecule has 0 heterocycles. The van der Waals surface area contributed by atoms with Gasteiger partial charge in [-0.25, -0.2) is 8.42 Å². The molecule has 23 heavy (non-hydrogen) atoms. The maximum Gasteiger partial charge on any atom is 0.262 e. The van der Waals surface area contributed by atoms with Crippen molar-refractivity contribution in [3.05, 3.63) is 45.4 Å². The van der Waals surface area contributed by atoms with Crippen LogP contribution in [0.2, 0.25) is 5.02 Å². The number of aryl methyl sites for hydroxylation is 1. The fourth-order valence-electron chi connectivity index (χ4n) is 2.00. The van der Waals surface area contributed by atoms with Gasteiger partial charge in [0, 0.05) is 16.6 Å². The van der Waals surface area contributed by atoms with Crippen molar-refractivity contribution in [2.75, 3.05) is 18.9 Å². The Labute approximate surface area is 148 Å². The lowest BCUT2D eigenvalue weighted by Crippen LogP contribution is -2.15. The summed E-state index contributed by atoms with van der Waals surface area (Å²) in [5.41, 5.74) is 0.869. The van der Waals surface area contributed by atoms with Gasteiger partial charge in [0.25, 0.3) is 10.0 Å². The number of nitrogens with one attached hydrogen (secondary N) is 1. The van der Waals surface area contributed by atoms with Crippen LogP contribution in [0.25, 0.3) is 0 Å². The molecule has 2 aromatic rings. The molecule has 8 heteroatoms. The number of benzene rings is 2. The molecule has 0 saturated heterocycles. The standard InChI is InChI=1S/C15H15BrClNO4S/c1-9-4-5-10(16)6-15(9)23(19,20)18-12-8-13(21-2)11(17)7-14(12)22-3/h4-8,18H,1-3H3. The quantitative estimate of drug-likeness (QED) is 0.786. The number of hydrogen-bond donors (Lipinski definition) is 1. The molecule has 5 nitrogen and oxygen atoms in total. The zero-order chi connectivity index (χ0) is 17.2. The second-order valence-corrected chi connectivity index (χ2v) is 7.68. The first-order chi connectivity index (χ1) is 10.8. The molecule has 0 bridgehead atoms. The normalized spacial score (nSPS) is 11.2. The topological polar surface area (TPSA) is 64.6 Å². The summed E-state index contributed by atoms with van der Waals surface area (Å²) in [4.78, 5) is 0.169.